The monoisotopic (exact) mass is 167 g/mol. The van der Waals surface area contributed by atoms with E-state index < -0.39 is 0 Å². The van der Waals surface area contributed by atoms with E-state index in [4.69, 9.17) is 0 Å². The summed E-state index contributed by atoms with van der Waals surface area (Å²) in [6.45, 7) is 4.29. The zero-order valence-corrected chi connectivity index (χ0v) is 7.17. The number of aromatic nitrogens is 4. The quantitative estimate of drug-likeness (QED) is 0.610. The maximum Gasteiger partial charge on any atom is 0.180 e. The summed E-state index contributed by atoms with van der Waals surface area (Å²) in [4.78, 5) is 0. The summed E-state index contributed by atoms with van der Waals surface area (Å²) in [5.41, 5.74) is 0.123. The second-order valence-electron chi connectivity index (χ2n) is 3.55. The summed E-state index contributed by atoms with van der Waals surface area (Å²) in [7, 11) is 0. The molecule has 12 heavy (non-hydrogen) atoms. The molecule has 0 radical (unpaired) electrons. The Hall–Kier alpha value is -0.970. The number of aromatic amines is 1. The molecule has 0 saturated carbocycles. The number of tetrazole rings is 1. The molecule has 0 unspecified atom stereocenters. The highest BCUT2D eigenvalue weighted by atomic mass is 15.5. The first-order chi connectivity index (χ1) is 5.81. The van der Waals surface area contributed by atoms with Gasteiger partial charge in [-0.2, -0.15) is 5.21 Å². The van der Waals surface area contributed by atoms with Crippen molar-refractivity contribution < 1.29 is 0 Å². The first-order valence-corrected chi connectivity index (χ1v) is 4.26. The third kappa shape index (κ3) is 1.20. The molecule has 0 bridgehead atoms. The van der Waals surface area contributed by atoms with E-state index in [0.29, 0.717) is 0 Å². The van der Waals surface area contributed by atoms with Gasteiger partial charge in [-0.05, 0) is 25.9 Å². The number of rotatable bonds is 1. The van der Waals surface area contributed by atoms with Crippen LogP contribution >= 0.6 is 0 Å². The molecular weight excluding hydrogens is 154 g/mol. The van der Waals surface area contributed by atoms with Crippen LogP contribution in [0.4, 0.5) is 0 Å². The van der Waals surface area contributed by atoms with E-state index in [2.05, 4.69) is 32.9 Å². The summed E-state index contributed by atoms with van der Waals surface area (Å²) in [5.74, 6) is 0.851. The highest BCUT2D eigenvalue weighted by Crippen LogP contribution is 2.29. The molecule has 0 amide bonds. The first-order valence-electron chi connectivity index (χ1n) is 4.26. The van der Waals surface area contributed by atoms with Crippen LogP contribution in [0.25, 0.3) is 0 Å². The fraction of sp³-hybridized carbons (Fsp3) is 0.857. The van der Waals surface area contributed by atoms with Crippen LogP contribution in [0, 0.1) is 0 Å². The van der Waals surface area contributed by atoms with Gasteiger partial charge in [-0.25, -0.2) is 0 Å². The predicted molar refractivity (Wildman–Crippen MR) is 43.6 cm³/mol. The molecular formula is C7H13N5. The van der Waals surface area contributed by atoms with Crippen molar-refractivity contribution in [3.05, 3.63) is 5.82 Å². The van der Waals surface area contributed by atoms with Crippen LogP contribution in [0.3, 0.4) is 0 Å². The van der Waals surface area contributed by atoms with Crippen molar-refractivity contribution in [3.63, 3.8) is 0 Å². The Balaban J connectivity index is 2.19. The molecule has 0 aliphatic carbocycles. The van der Waals surface area contributed by atoms with Crippen LogP contribution in [0.15, 0.2) is 0 Å². The predicted octanol–water partition coefficient (Wildman–Crippen LogP) is -0.159. The lowest BCUT2D eigenvalue weighted by Crippen LogP contribution is -2.38. The van der Waals surface area contributed by atoms with Crippen LogP contribution in [-0.4, -0.2) is 33.7 Å². The summed E-state index contributed by atoms with van der Waals surface area (Å²) in [5, 5.41) is 17.5. The second-order valence-corrected chi connectivity index (χ2v) is 3.55. The van der Waals surface area contributed by atoms with E-state index in [1.165, 1.54) is 0 Å². The minimum atomic E-state index is 0.123. The Morgan fingerprint density at radius 1 is 1.33 bits per heavy atom. The average Bonchev–Trinajstić information content (AvgIpc) is 2.58. The maximum absolute atomic E-state index is 4.04. The fourth-order valence-electron chi connectivity index (χ4n) is 1.62. The smallest absolute Gasteiger partial charge is 0.180 e. The van der Waals surface area contributed by atoms with Crippen molar-refractivity contribution in [1.82, 2.24) is 25.9 Å². The van der Waals surface area contributed by atoms with Crippen molar-refractivity contribution in [2.45, 2.75) is 25.2 Å². The fourth-order valence-corrected chi connectivity index (χ4v) is 1.62. The normalized spacial score (nSPS) is 22.4. The van der Waals surface area contributed by atoms with Gasteiger partial charge in [0.25, 0.3) is 0 Å². The van der Waals surface area contributed by atoms with Crippen molar-refractivity contribution in [2.24, 2.45) is 0 Å². The Morgan fingerprint density at radius 3 is 2.67 bits per heavy atom. The molecule has 2 rings (SSSR count). The van der Waals surface area contributed by atoms with Gasteiger partial charge in [0.2, 0.25) is 0 Å². The van der Waals surface area contributed by atoms with Crippen LogP contribution in [0.5, 0.6) is 0 Å². The van der Waals surface area contributed by atoms with E-state index >= 15 is 0 Å². The second kappa shape index (κ2) is 2.82. The number of nitrogens with zero attached hydrogens (tertiary/aromatic N) is 3. The molecule has 5 heteroatoms. The molecule has 5 nitrogen and oxygen atoms in total. The molecule has 0 spiro atoms. The topological polar surface area (TPSA) is 66.5 Å². The zero-order valence-electron chi connectivity index (χ0n) is 7.17. The third-order valence-corrected chi connectivity index (χ3v) is 2.59. The molecule has 2 heterocycles. The minimum Gasteiger partial charge on any atom is -0.317 e. The van der Waals surface area contributed by atoms with E-state index in [1.807, 2.05) is 0 Å². The lowest BCUT2D eigenvalue weighted by atomic mass is 9.80. The van der Waals surface area contributed by atoms with Gasteiger partial charge >= 0.3 is 0 Å². The van der Waals surface area contributed by atoms with Crippen molar-refractivity contribution in [1.29, 1.82) is 0 Å². The number of hydrogen-bond donors (Lipinski definition) is 2. The molecule has 1 saturated heterocycles. The maximum atomic E-state index is 4.04. The number of hydrogen-bond acceptors (Lipinski definition) is 4. The Morgan fingerprint density at radius 2 is 2.08 bits per heavy atom. The summed E-state index contributed by atoms with van der Waals surface area (Å²) in [6, 6.07) is 0. The van der Waals surface area contributed by atoms with Crippen LogP contribution < -0.4 is 5.32 Å². The van der Waals surface area contributed by atoms with Gasteiger partial charge in [0.05, 0.1) is 0 Å². The average molecular weight is 167 g/mol. The summed E-state index contributed by atoms with van der Waals surface area (Å²) >= 11 is 0. The SMILES string of the molecule is CC1(c2nn[nH]n2)CCNCC1. The van der Waals surface area contributed by atoms with Gasteiger partial charge < -0.3 is 5.32 Å². The standard InChI is InChI=1S/C7H13N5/c1-7(2-4-8-5-3-7)6-9-11-12-10-6/h8H,2-5H2,1H3,(H,9,10,11,12). The third-order valence-electron chi connectivity index (χ3n) is 2.59. The number of piperidine rings is 1. The van der Waals surface area contributed by atoms with Crippen molar-refractivity contribution in [3.8, 4) is 0 Å². The van der Waals surface area contributed by atoms with Gasteiger partial charge in [-0.1, -0.05) is 12.1 Å². The van der Waals surface area contributed by atoms with E-state index in [0.717, 1.165) is 31.8 Å². The van der Waals surface area contributed by atoms with Crippen molar-refractivity contribution in [2.75, 3.05) is 13.1 Å². The number of nitrogens with one attached hydrogen (secondary N) is 2. The highest BCUT2D eigenvalue weighted by Gasteiger charge is 2.32. The molecule has 1 aliphatic rings. The largest absolute Gasteiger partial charge is 0.317 e. The lowest BCUT2D eigenvalue weighted by molar-refractivity contribution is 0.319. The molecule has 1 aromatic heterocycles. The Labute approximate surface area is 70.9 Å². The molecule has 66 valence electrons. The molecule has 1 aromatic rings. The lowest BCUT2D eigenvalue weighted by Gasteiger charge is -2.30. The molecule has 2 N–H and O–H groups in total. The van der Waals surface area contributed by atoms with E-state index in [-0.39, 0.29) is 5.41 Å². The van der Waals surface area contributed by atoms with Crippen LogP contribution in [0.1, 0.15) is 25.6 Å². The van der Waals surface area contributed by atoms with Crippen molar-refractivity contribution >= 4 is 0 Å². The van der Waals surface area contributed by atoms with E-state index in [1.54, 1.807) is 0 Å². The minimum absolute atomic E-state index is 0.123. The first kappa shape index (κ1) is 7.67. The molecule has 0 atom stereocenters. The Bertz CT molecular complexity index is 236. The highest BCUT2D eigenvalue weighted by molar-refractivity contribution is 5.04. The molecule has 1 fully saturated rings. The van der Waals surface area contributed by atoms with Crippen LogP contribution in [-0.2, 0) is 5.41 Å². The zero-order chi connectivity index (χ0) is 8.44. The van der Waals surface area contributed by atoms with Gasteiger partial charge in [0.15, 0.2) is 5.82 Å². The number of H-pyrrole nitrogens is 1. The van der Waals surface area contributed by atoms with Gasteiger partial charge in [0.1, 0.15) is 0 Å². The summed E-state index contributed by atoms with van der Waals surface area (Å²) < 4.78 is 0. The summed E-state index contributed by atoms with van der Waals surface area (Å²) in [6.07, 6.45) is 2.18. The Kier molecular flexibility index (Phi) is 1.80. The van der Waals surface area contributed by atoms with Gasteiger partial charge in [-0.15, -0.1) is 10.2 Å². The van der Waals surface area contributed by atoms with E-state index in [9.17, 15) is 0 Å². The van der Waals surface area contributed by atoms with Gasteiger partial charge in [-0.3, -0.25) is 0 Å². The van der Waals surface area contributed by atoms with Gasteiger partial charge in [0, 0.05) is 5.41 Å². The molecule has 1 aliphatic heterocycles. The van der Waals surface area contributed by atoms with Crippen LogP contribution in [0.2, 0.25) is 0 Å². The molecule has 0 aromatic carbocycles.